The van der Waals surface area contributed by atoms with Crippen molar-refractivity contribution in [3.8, 4) is 16.9 Å². The molecule has 0 bridgehead atoms. The van der Waals surface area contributed by atoms with Crippen molar-refractivity contribution < 1.29 is 19.4 Å². The summed E-state index contributed by atoms with van der Waals surface area (Å²) in [5.74, 6) is -0.901. The van der Waals surface area contributed by atoms with E-state index in [1.165, 1.54) is 5.56 Å². The van der Waals surface area contributed by atoms with Crippen molar-refractivity contribution in [2.24, 2.45) is 11.7 Å². The molecule has 1 amide bonds. The van der Waals surface area contributed by atoms with E-state index in [0.29, 0.717) is 31.9 Å². The maximum absolute atomic E-state index is 13.0. The molecule has 0 spiro atoms. The van der Waals surface area contributed by atoms with E-state index in [2.05, 4.69) is 17.4 Å². The van der Waals surface area contributed by atoms with Crippen molar-refractivity contribution in [2.75, 3.05) is 13.2 Å². The monoisotopic (exact) mass is 514 g/mol. The number of rotatable bonds is 12. The van der Waals surface area contributed by atoms with Crippen LogP contribution < -0.4 is 15.8 Å². The van der Waals surface area contributed by atoms with Gasteiger partial charge in [0.05, 0.1) is 18.4 Å². The first-order valence-corrected chi connectivity index (χ1v) is 12.9. The lowest BCUT2D eigenvalue weighted by Gasteiger charge is -2.25. The molecule has 3 aromatic rings. The lowest BCUT2D eigenvalue weighted by atomic mass is 10.0. The van der Waals surface area contributed by atoms with Crippen molar-refractivity contribution in [3.63, 3.8) is 0 Å². The first-order valence-electron chi connectivity index (χ1n) is 12.9. The zero-order valence-corrected chi connectivity index (χ0v) is 21.3. The number of guanidine groups is 1. The van der Waals surface area contributed by atoms with Gasteiger partial charge in [0.2, 0.25) is 5.91 Å². The lowest BCUT2D eigenvalue weighted by molar-refractivity contribution is -0.142. The van der Waals surface area contributed by atoms with Crippen LogP contribution in [0.2, 0.25) is 0 Å². The molecule has 5 N–H and O–H groups in total. The average molecular weight is 515 g/mol. The second-order valence-electron chi connectivity index (χ2n) is 9.60. The third-order valence-electron chi connectivity index (χ3n) is 6.82. The molecule has 8 heteroatoms. The lowest BCUT2D eigenvalue weighted by Crippen LogP contribution is -2.38. The Morgan fingerprint density at radius 1 is 1.00 bits per heavy atom. The van der Waals surface area contributed by atoms with E-state index in [0.717, 1.165) is 29.5 Å². The van der Waals surface area contributed by atoms with Crippen LogP contribution in [0.5, 0.6) is 5.75 Å². The normalized spacial score (nSPS) is 16.8. The largest absolute Gasteiger partial charge is 0.491 e. The Labute approximate surface area is 222 Å². The number of likely N-dealkylation sites (tertiary alicyclic amines) is 1. The van der Waals surface area contributed by atoms with Crippen molar-refractivity contribution in [1.29, 1.82) is 5.41 Å². The molecule has 1 aliphatic heterocycles. The van der Waals surface area contributed by atoms with E-state index in [-0.39, 0.29) is 24.3 Å². The van der Waals surface area contributed by atoms with Gasteiger partial charge in [-0.05, 0) is 53.6 Å². The first kappa shape index (κ1) is 26.7. The number of carboxylic acids is 1. The number of nitrogens with zero attached hydrogens (tertiary/aromatic N) is 1. The molecular weight excluding hydrogens is 480 g/mol. The summed E-state index contributed by atoms with van der Waals surface area (Å²) in [5.41, 5.74) is 9.70. The van der Waals surface area contributed by atoms with E-state index < -0.39 is 11.9 Å². The van der Waals surface area contributed by atoms with Gasteiger partial charge in [0.15, 0.2) is 5.96 Å². The topological polar surface area (TPSA) is 129 Å². The summed E-state index contributed by atoms with van der Waals surface area (Å²) < 4.78 is 6.07. The minimum absolute atomic E-state index is 0.0562. The quantitative estimate of drug-likeness (QED) is 0.213. The molecule has 2 atom stereocenters. The number of nitrogens with one attached hydrogen (secondary N) is 2. The van der Waals surface area contributed by atoms with E-state index in [4.69, 9.17) is 15.9 Å². The van der Waals surface area contributed by atoms with Gasteiger partial charge in [-0.1, -0.05) is 66.7 Å². The van der Waals surface area contributed by atoms with Gasteiger partial charge in [-0.15, -0.1) is 0 Å². The van der Waals surface area contributed by atoms with Crippen LogP contribution in [0.4, 0.5) is 0 Å². The first-order chi connectivity index (χ1) is 18.4. The number of hydrogen-bond acceptors (Lipinski definition) is 4. The molecule has 1 aliphatic rings. The predicted octanol–water partition coefficient (Wildman–Crippen LogP) is 4.04. The summed E-state index contributed by atoms with van der Waals surface area (Å²) >= 11 is 0. The van der Waals surface area contributed by atoms with E-state index >= 15 is 0 Å². The fourth-order valence-corrected chi connectivity index (χ4v) is 4.85. The highest BCUT2D eigenvalue weighted by molar-refractivity contribution is 5.85. The maximum atomic E-state index is 13.0. The van der Waals surface area contributed by atoms with Gasteiger partial charge in [0, 0.05) is 13.1 Å². The molecule has 0 unspecified atom stereocenters. The smallest absolute Gasteiger partial charge is 0.304 e. The molecule has 1 heterocycles. The highest BCUT2D eigenvalue weighted by Gasteiger charge is 2.40. The number of carbonyl (C=O) groups is 2. The highest BCUT2D eigenvalue weighted by Crippen LogP contribution is 2.29. The summed E-state index contributed by atoms with van der Waals surface area (Å²) in [6, 6.07) is 25.8. The molecule has 3 aromatic carbocycles. The predicted molar refractivity (Wildman–Crippen MR) is 147 cm³/mol. The van der Waals surface area contributed by atoms with Gasteiger partial charge in [-0.25, -0.2) is 0 Å². The number of ether oxygens (including phenoxy) is 1. The van der Waals surface area contributed by atoms with E-state index in [1.807, 2.05) is 71.6 Å². The van der Waals surface area contributed by atoms with Gasteiger partial charge in [0.1, 0.15) is 12.4 Å². The Hall–Kier alpha value is -4.33. The molecule has 38 heavy (non-hydrogen) atoms. The van der Waals surface area contributed by atoms with E-state index in [1.54, 1.807) is 0 Å². The maximum Gasteiger partial charge on any atom is 0.304 e. The Balaban J connectivity index is 1.34. The number of benzene rings is 3. The molecule has 8 nitrogen and oxygen atoms in total. The molecule has 4 rings (SSSR count). The third-order valence-corrected chi connectivity index (χ3v) is 6.82. The van der Waals surface area contributed by atoms with Gasteiger partial charge in [-0.2, -0.15) is 0 Å². The second-order valence-corrected chi connectivity index (χ2v) is 9.60. The van der Waals surface area contributed by atoms with Crippen LogP contribution >= 0.6 is 0 Å². The Morgan fingerprint density at radius 2 is 1.66 bits per heavy atom. The highest BCUT2D eigenvalue weighted by atomic mass is 16.5. The SMILES string of the molecule is N=C(N)NCc1ccc(-c2ccc(OC[C@@H]3C[C@@H](CC(=O)O)C(=O)N3CCCc3ccccc3)cc2)cc1. The number of carbonyl (C=O) groups excluding carboxylic acids is 1. The van der Waals surface area contributed by atoms with Crippen molar-refractivity contribution in [2.45, 2.75) is 38.3 Å². The molecular formula is C30H34N4O4. The molecule has 1 saturated heterocycles. The summed E-state index contributed by atoms with van der Waals surface area (Å²) in [6.45, 7) is 1.40. The molecule has 0 aliphatic carbocycles. The summed E-state index contributed by atoms with van der Waals surface area (Å²) in [6.07, 6.45) is 2.00. The van der Waals surface area contributed by atoms with Crippen LogP contribution in [-0.2, 0) is 22.6 Å². The summed E-state index contributed by atoms with van der Waals surface area (Å²) in [7, 11) is 0. The number of aliphatic carboxylic acids is 1. The average Bonchev–Trinajstić information content (AvgIpc) is 3.21. The molecule has 198 valence electrons. The number of amides is 1. The third kappa shape index (κ3) is 7.35. The van der Waals surface area contributed by atoms with Gasteiger partial charge >= 0.3 is 5.97 Å². The van der Waals surface area contributed by atoms with Crippen LogP contribution in [0.1, 0.15) is 30.4 Å². The standard InChI is InChI=1S/C30H34N4O4/c31-30(32)33-19-22-8-10-23(11-9-22)24-12-14-27(15-13-24)38-20-26-17-25(18-28(35)36)29(37)34(26)16-4-7-21-5-2-1-3-6-21/h1-3,5-6,8-15,25-26H,4,7,16-20H2,(H,35,36)(H4,31,32,33)/t25-,26-/m0/s1. The number of carboxylic acid groups (broad SMARTS) is 1. The van der Waals surface area contributed by atoms with Crippen LogP contribution in [0.3, 0.4) is 0 Å². The van der Waals surface area contributed by atoms with Crippen molar-refractivity contribution >= 4 is 17.8 Å². The van der Waals surface area contributed by atoms with Crippen LogP contribution in [0.15, 0.2) is 78.9 Å². The molecule has 0 radical (unpaired) electrons. The Bertz CT molecular complexity index is 1230. The molecule has 0 aromatic heterocycles. The van der Waals surface area contributed by atoms with Crippen LogP contribution in [0, 0.1) is 11.3 Å². The fourth-order valence-electron chi connectivity index (χ4n) is 4.85. The fraction of sp³-hybridized carbons (Fsp3) is 0.300. The minimum atomic E-state index is -0.951. The zero-order chi connectivity index (χ0) is 26.9. The van der Waals surface area contributed by atoms with Crippen molar-refractivity contribution in [1.82, 2.24) is 10.2 Å². The number of hydrogen-bond donors (Lipinski definition) is 4. The minimum Gasteiger partial charge on any atom is -0.491 e. The van der Waals surface area contributed by atoms with Gasteiger partial charge in [0.25, 0.3) is 0 Å². The molecule has 1 fully saturated rings. The van der Waals surface area contributed by atoms with Crippen molar-refractivity contribution in [3.05, 3.63) is 90.0 Å². The van der Waals surface area contributed by atoms with Gasteiger partial charge < -0.3 is 25.8 Å². The zero-order valence-electron chi connectivity index (χ0n) is 21.3. The van der Waals surface area contributed by atoms with Crippen LogP contribution in [0.25, 0.3) is 11.1 Å². The number of nitrogens with two attached hydrogens (primary N) is 1. The summed E-state index contributed by atoms with van der Waals surface area (Å²) in [4.78, 5) is 26.1. The Morgan fingerprint density at radius 3 is 2.29 bits per heavy atom. The molecule has 0 saturated carbocycles. The van der Waals surface area contributed by atoms with E-state index in [9.17, 15) is 14.7 Å². The summed E-state index contributed by atoms with van der Waals surface area (Å²) in [5, 5.41) is 19.3. The second kappa shape index (κ2) is 12.8. The van der Waals surface area contributed by atoms with Gasteiger partial charge in [-0.3, -0.25) is 15.0 Å². The van der Waals surface area contributed by atoms with Crippen LogP contribution in [-0.4, -0.2) is 47.0 Å². The number of aryl methyl sites for hydroxylation is 1. The Kier molecular flexibility index (Phi) is 8.98.